The molecule has 0 unspecified atom stereocenters. The van der Waals surface area contributed by atoms with Crippen LogP contribution in [0.25, 0.3) is 11.0 Å². The molecule has 0 saturated heterocycles. The van der Waals surface area contributed by atoms with E-state index in [1.54, 1.807) is 6.20 Å². The van der Waals surface area contributed by atoms with Crippen LogP contribution in [0.15, 0.2) is 103 Å². The Bertz CT molecular complexity index is 1420. The van der Waals surface area contributed by atoms with Crippen molar-refractivity contribution in [3.63, 3.8) is 0 Å². The Morgan fingerprint density at radius 2 is 1.30 bits per heavy atom. The first kappa shape index (κ1) is 23.9. The first-order valence-electron chi connectivity index (χ1n) is 12.6. The van der Waals surface area contributed by atoms with E-state index < -0.39 is 17.2 Å². The van der Waals surface area contributed by atoms with Crippen LogP contribution in [0.2, 0.25) is 5.28 Å². The molecule has 0 aliphatic heterocycles. The van der Waals surface area contributed by atoms with Crippen LogP contribution in [-0.2, 0) is 11.1 Å². The number of aliphatic hydroxyl groups is 2. The molecule has 1 aliphatic carbocycles. The second kappa shape index (κ2) is 9.42. The van der Waals surface area contributed by atoms with Crippen LogP contribution in [0, 0.1) is 0 Å². The molecule has 6 heteroatoms. The van der Waals surface area contributed by atoms with E-state index >= 15 is 0 Å². The van der Waals surface area contributed by atoms with Crippen molar-refractivity contribution in [1.29, 1.82) is 0 Å². The molecule has 5 nitrogen and oxygen atoms in total. The van der Waals surface area contributed by atoms with Gasteiger partial charge in [-0.05, 0) is 54.0 Å². The van der Waals surface area contributed by atoms with Crippen molar-refractivity contribution in [2.75, 3.05) is 0 Å². The Morgan fingerprint density at radius 3 is 1.78 bits per heavy atom. The van der Waals surface area contributed by atoms with Crippen LogP contribution in [0.4, 0.5) is 0 Å². The SMILES string of the molecule is OC1CCC(O)(c2cn(C(c3ccccc3)(c3ccccc3)c3ccccc3)c3cnc(Cl)nc23)CC1. The van der Waals surface area contributed by atoms with Gasteiger partial charge in [0.1, 0.15) is 5.54 Å². The molecule has 5 aromatic rings. The number of benzene rings is 3. The fourth-order valence-corrected chi connectivity index (χ4v) is 6.04. The van der Waals surface area contributed by atoms with E-state index in [1.165, 1.54) is 0 Å². The summed E-state index contributed by atoms with van der Waals surface area (Å²) in [5.41, 5.74) is 3.41. The van der Waals surface area contributed by atoms with Crippen molar-refractivity contribution in [2.45, 2.75) is 42.9 Å². The van der Waals surface area contributed by atoms with E-state index in [-0.39, 0.29) is 5.28 Å². The number of fused-ring (bicyclic) bond motifs is 1. The van der Waals surface area contributed by atoms with E-state index in [0.29, 0.717) is 36.8 Å². The van der Waals surface area contributed by atoms with Crippen LogP contribution >= 0.6 is 11.6 Å². The maximum atomic E-state index is 11.9. The van der Waals surface area contributed by atoms with E-state index in [1.807, 2.05) is 60.8 Å². The van der Waals surface area contributed by atoms with Crippen molar-refractivity contribution in [1.82, 2.24) is 14.5 Å². The molecular formula is C31H28ClN3O2. The lowest BCUT2D eigenvalue weighted by Crippen LogP contribution is -2.37. The average Bonchev–Trinajstić information content (AvgIpc) is 3.32. The van der Waals surface area contributed by atoms with Gasteiger partial charge in [0.25, 0.3) is 0 Å². The molecule has 0 spiro atoms. The van der Waals surface area contributed by atoms with Gasteiger partial charge < -0.3 is 14.8 Å². The summed E-state index contributed by atoms with van der Waals surface area (Å²) in [7, 11) is 0. The molecule has 2 heterocycles. The first-order chi connectivity index (χ1) is 18.0. The first-order valence-corrected chi connectivity index (χ1v) is 13.0. The van der Waals surface area contributed by atoms with Crippen LogP contribution in [-0.4, -0.2) is 30.9 Å². The van der Waals surface area contributed by atoms with Crippen LogP contribution in [0.3, 0.4) is 0 Å². The minimum atomic E-state index is -1.13. The second-order valence-electron chi connectivity index (χ2n) is 9.86. The van der Waals surface area contributed by atoms with Gasteiger partial charge in [0.2, 0.25) is 5.28 Å². The largest absolute Gasteiger partial charge is 0.393 e. The molecule has 6 rings (SSSR count). The van der Waals surface area contributed by atoms with E-state index in [2.05, 4.69) is 50.9 Å². The van der Waals surface area contributed by atoms with Crippen molar-refractivity contribution < 1.29 is 10.2 Å². The van der Waals surface area contributed by atoms with E-state index in [9.17, 15) is 10.2 Å². The summed E-state index contributed by atoms with van der Waals surface area (Å²) in [5, 5.41) is 22.2. The highest BCUT2D eigenvalue weighted by Gasteiger charge is 2.43. The van der Waals surface area contributed by atoms with Crippen LogP contribution in [0.5, 0.6) is 0 Å². The molecule has 186 valence electrons. The summed E-state index contributed by atoms with van der Waals surface area (Å²) < 4.78 is 2.19. The monoisotopic (exact) mass is 509 g/mol. The number of nitrogens with zero attached hydrogens (tertiary/aromatic N) is 3. The maximum absolute atomic E-state index is 11.9. The molecule has 2 aromatic heterocycles. The van der Waals surface area contributed by atoms with Gasteiger partial charge in [-0.15, -0.1) is 0 Å². The normalized spacial score (nSPS) is 20.2. The fraction of sp³-hybridized carbons (Fsp3) is 0.226. The van der Waals surface area contributed by atoms with Gasteiger partial charge in [-0.3, -0.25) is 0 Å². The Kier molecular flexibility index (Phi) is 6.07. The lowest BCUT2D eigenvalue weighted by molar-refractivity contribution is -0.0353. The highest BCUT2D eigenvalue weighted by atomic mass is 35.5. The molecule has 3 aromatic carbocycles. The predicted octanol–water partition coefficient (Wildman–Crippen LogP) is 6.05. The van der Waals surface area contributed by atoms with Gasteiger partial charge >= 0.3 is 0 Å². The van der Waals surface area contributed by atoms with Gasteiger partial charge in [0.15, 0.2) is 0 Å². The highest BCUT2D eigenvalue weighted by Crippen LogP contribution is 2.47. The molecule has 0 amide bonds. The molecule has 2 N–H and O–H groups in total. The number of hydrogen-bond donors (Lipinski definition) is 2. The van der Waals surface area contributed by atoms with Crippen molar-refractivity contribution in [3.8, 4) is 0 Å². The summed E-state index contributed by atoms with van der Waals surface area (Å²) >= 11 is 6.32. The molecule has 37 heavy (non-hydrogen) atoms. The lowest BCUT2D eigenvalue weighted by Gasteiger charge is -2.38. The smallest absolute Gasteiger partial charge is 0.223 e. The summed E-state index contributed by atoms with van der Waals surface area (Å²) in [6, 6.07) is 31.1. The third kappa shape index (κ3) is 3.95. The van der Waals surface area contributed by atoms with E-state index in [0.717, 1.165) is 22.2 Å². The lowest BCUT2D eigenvalue weighted by atomic mass is 9.76. The van der Waals surface area contributed by atoms with Gasteiger partial charge in [-0.1, -0.05) is 91.0 Å². The highest BCUT2D eigenvalue weighted by molar-refractivity contribution is 6.28. The molecule has 0 atom stereocenters. The van der Waals surface area contributed by atoms with E-state index in [4.69, 9.17) is 11.6 Å². The number of hydrogen-bond acceptors (Lipinski definition) is 4. The number of aliphatic hydroxyl groups excluding tert-OH is 1. The Morgan fingerprint density at radius 1 is 0.811 bits per heavy atom. The van der Waals surface area contributed by atoms with Crippen molar-refractivity contribution in [3.05, 3.63) is 131 Å². The zero-order chi connectivity index (χ0) is 25.5. The number of halogens is 1. The number of rotatable bonds is 5. The summed E-state index contributed by atoms with van der Waals surface area (Å²) in [6.45, 7) is 0. The van der Waals surface area contributed by atoms with Crippen molar-refractivity contribution >= 4 is 22.6 Å². The summed E-state index contributed by atoms with van der Waals surface area (Å²) in [6.07, 6.45) is 5.34. The van der Waals surface area contributed by atoms with Gasteiger partial charge in [0.05, 0.1) is 28.9 Å². The molecule has 1 aliphatic rings. The molecular weight excluding hydrogens is 482 g/mol. The zero-order valence-electron chi connectivity index (χ0n) is 20.3. The van der Waals surface area contributed by atoms with Gasteiger partial charge in [-0.25, -0.2) is 9.97 Å². The summed E-state index contributed by atoms with van der Waals surface area (Å²) in [5.74, 6) is 0. The fourth-order valence-electron chi connectivity index (χ4n) is 5.91. The Labute approximate surface area is 221 Å². The third-order valence-electron chi connectivity index (χ3n) is 7.73. The Balaban J connectivity index is 1.74. The molecule has 1 fully saturated rings. The van der Waals surface area contributed by atoms with Crippen molar-refractivity contribution in [2.24, 2.45) is 0 Å². The van der Waals surface area contributed by atoms with Gasteiger partial charge in [0, 0.05) is 11.8 Å². The minimum Gasteiger partial charge on any atom is -0.393 e. The topological polar surface area (TPSA) is 71.2 Å². The van der Waals surface area contributed by atoms with Gasteiger partial charge in [-0.2, -0.15) is 0 Å². The predicted molar refractivity (Wildman–Crippen MR) is 146 cm³/mol. The number of aromatic nitrogens is 3. The summed E-state index contributed by atoms with van der Waals surface area (Å²) in [4.78, 5) is 9.01. The standard InChI is InChI=1S/C31H28ClN3O2/c32-29-33-20-27-28(34-29)26(30(37)18-16-25(36)17-19-30)21-35(27)31(22-10-4-1-5-11-22,23-12-6-2-7-13-23)24-14-8-3-9-15-24/h1-15,20-21,25,36-37H,16-19H2. The Hall–Kier alpha value is -3.51. The molecule has 1 saturated carbocycles. The van der Waals surface area contributed by atoms with Crippen LogP contribution in [0.1, 0.15) is 47.9 Å². The second-order valence-corrected chi connectivity index (χ2v) is 10.2. The minimum absolute atomic E-state index is 0.135. The zero-order valence-corrected chi connectivity index (χ0v) is 21.1. The van der Waals surface area contributed by atoms with Crippen LogP contribution < -0.4 is 0 Å². The maximum Gasteiger partial charge on any atom is 0.223 e. The third-order valence-corrected chi connectivity index (χ3v) is 7.91. The molecule has 0 radical (unpaired) electrons. The average molecular weight is 510 g/mol. The molecule has 0 bridgehead atoms. The quantitative estimate of drug-likeness (QED) is 0.223.